The molecule has 178 valence electrons. The second kappa shape index (κ2) is 10.7. The Bertz CT molecular complexity index is 1160. The first kappa shape index (κ1) is 23.8. The van der Waals surface area contributed by atoms with Gasteiger partial charge in [0.1, 0.15) is 18.1 Å². The van der Waals surface area contributed by atoms with Crippen molar-refractivity contribution in [1.29, 1.82) is 0 Å². The number of amides is 1. The first-order valence-corrected chi connectivity index (χ1v) is 11.4. The molecule has 0 spiro atoms. The quantitative estimate of drug-likeness (QED) is 0.459. The average molecular weight is 487 g/mol. The lowest BCUT2D eigenvalue weighted by atomic mass is 10.1. The number of aryl methyl sites for hydroxylation is 1. The molecular weight excluding hydrogens is 463 g/mol. The van der Waals surface area contributed by atoms with Gasteiger partial charge in [-0.2, -0.15) is 0 Å². The van der Waals surface area contributed by atoms with Crippen molar-refractivity contribution in [1.82, 2.24) is 10.1 Å². The zero-order chi connectivity index (χ0) is 24.1. The van der Waals surface area contributed by atoms with Gasteiger partial charge in [0.2, 0.25) is 5.91 Å². The second-order valence-corrected chi connectivity index (χ2v) is 8.65. The maximum atomic E-state index is 14.6. The van der Waals surface area contributed by atoms with Crippen LogP contribution in [0.2, 0.25) is 5.02 Å². The van der Waals surface area contributed by atoms with Crippen LogP contribution in [0.15, 0.2) is 53.1 Å². The zero-order valence-corrected chi connectivity index (χ0v) is 19.1. The minimum Gasteiger partial charge on any atom is -0.486 e. The van der Waals surface area contributed by atoms with E-state index in [1.165, 1.54) is 12.1 Å². The lowest BCUT2D eigenvalue weighted by Gasteiger charge is -2.23. The summed E-state index contributed by atoms with van der Waals surface area (Å²) in [5, 5.41) is 13.5. The van der Waals surface area contributed by atoms with E-state index in [0.29, 0.717) is 28.6 Å². The van der Waals surface area contributed by atoms with Crippen LogP contribution in [0.3, 0.4) is 0 Å². The highest BCUT2D eigenvalue weighted by molar-refractivity contribution is 6.30. The van der Waals surface area contributed by atoms with Crippen LogP contribution in [0, 0.1) is 5.82 Å². The van der Waals surface area contributed by atoms with E-state index in [2.05, 4.69) is 5.16 Å². The Hall–Kier alpha value is -3.39. The van der Waals surface area contributed by atoms with E-state index in [9.17, 15) is 14.0 Å². The van der Waals surface area contributed by atoms with Gasteiger partial charge in [-0.05, 0) is 48.2 Å². The fraction of sp³-hybridized carbons (Fsp3) is 0.320. The number of aliphatic carboxylic acids is 1. The minimum atomic E-state index is -0.913. The van der Waals surface area contributed by atoms with Crippen LogP contribution >= 0.6 is 11.6 Å². The third-order valence-corrected chi connectivity index (χ3v) is 5.99. The molecule has 7 nitrogen and oxygen atoms in total. The number of halogens is 2. The highest BCUT2D eigenvalue weighted by Crippen LogP contribution is 2.32. The average Bonchev–Trinajstić information content (AvgIpc) is 3.48. The Balaban J connectivity index is 1.36. The van der Waals surface area contributed by atoms with Crippen molar-refractivity contribution in [2.24, 2.45) is 0 Å². The predicted octanol–water partition coefficient (Wildman–Crippen LogP) is 4.97. The molecule has 2 heterocycles. The molecular formula is C25H24ClFN2O5. The molecule has 9 heteroatoms. The molecule has 0 radical (unpaired) electrons. The van der Waals surface area contributed by atoms with E-state index in [1.807, 2.05) is 12.1 Å². The van der Waals surface area contributed by atoms with Crippen LogP contribution < -0.4 is 4.74 Å². The number of ether oxygens (including phenoxy) is 1. The van der Waals surface area contributed by atoms with Crippen molar-refractivity contribution in [3.63, 3.8) is 0 Å². The molecule has 1 amide bonds. The SMILES string of the molecule is O=C(O)CCc1cc(C2CCCN2C(=O)Cc2ccc(OCc3ccc(Cl)cc3)c(F)c2)no1. The number of hydrogen-bond donors (Lipinski definition) is 1. The zero-order valence-electron chi connectivity index (χ0n) is 18.4. The molecule has 1 aliphatic heterocycles. The van der Waals surface area contributed by atoms with E-state index < -0.39 is 11.8 Å². The topological polar surface area (TPSA) is 92.9 Å². The maximum Gasteiger partial charge on any atom is 0.303 e. The largest absolute Gasteiger partial charge is 0.486 e. The van der Waals surface area contributed by atoms with Crippen molar-refractivity contribution in [3.8, 4) is 5.75 Å². The Kier molecular flexibility index (Phi) is 7.47. The molecule has 2 aromatic carbocycles. The number of carbonyl (C=O) groups is 2. The van der Waals surface area contributed by atoms with Gasteiger partial charge in [-0.15, -0.1) is 0 Å². The first-order chi connectivity index (χ1) is 16.4. The molecule has 1 saturated heterocycles. The smallest absolute Gasteiger partial charge is 0.303 e. The normalized spacial score (nSPS) is 15.5. The van der Waals surface area contributed by atoms with Crippen molar-refractivity contribution < 1.29 is 28.3 Å². The molecule has 0 bridgehead atoms. The van der Waals surface area contributed by atoms with E-state index in [0.717, 1.165) is 18.4 Å². The molecule has 3 aromatic rings. The Labute approximate surface area is 201 Å². The van der Waals surface area contributed by atoms with Gasteiger partial charge >= 0.3 is 5.97 Å². The number of benzene rings is 2. The van der Waals surface area contributed by atoms with Gasteiger partial charge in [-0.3, -0.25) is 9.59 Å². The molecule has 1 unspecified atom stereocenters. The molecule has 1 atom stereocenters. The molecule has 1 fully saturated rings. The van der Waals surface area contributed by atoms with Gasteiger partial charge in [0.05, 0.1) is 18.9 Å². The molecule has 1 aliphatic rings. The Morgan fingerprint density at radius 3 is 2.68 bits per heavy atom. The van der Waals surface area contributed by atoms with Crippen LogP contribution in [0.5, 0.6) is 5.75 Å². The van der Waals surface area contributed by atoms with E-state index in [-0.39, 0.29) is 43.6 Å². The standard InChI is InChI=1S/C25H24ClFN2O5/c26-18-6-3-16(4-7-18)15-33-23-9-5-17(12-20(23)27)13-24(30)29-11-1-2-22(29)21-14-19(34-28-21)8-10-25(31)32/h3-7,9,12,14,22H,1-2,8,10-11,13,15H2,(H,31,32). The number of hydrogen-bond acceptors (Lipinski definition) is 5. The van der Waals surface area contributed by atoms with Gasteiger partial charge in [0.25, 0.3) is 0 Å². The third-order valence-electron chi connectivity index (χ3n) is 5.74. The summed E-state index contributed by atoms with van der Waals surface area (Å²) in [6.07, 6.45) is 1.80. The highest BCUT2D eigenvalue weighted by Gasteiger charge is 2.32. The summed E-state index contributed by atoms with van der Waals surface area (Å²) in [6.45, 7) is 0.777. The third kappa shape index (κ3) is 5.94. The molecule has 0 aliphatic carbocycles. The molecule has 4 rings (SSSR count). The van der Waals surface area contributed by atoms with Gasteiger partial charge in [0.15, 0.2) is 11.6 Å². The number of likely N-dealkylation sites (tertiary alicyclic amines) is 1. The van der Waals surface area contributed by atoms with Crippen molar-refractivity contribution >= 4 is 23.5 Å². The number of nitrogens with zero attached hydrogens (tertiary/aromatic N) is 2. The van der Waals surface area contributed by atoms with Crippen molar-refractivity contribution in [2.45, 2.75) is 44.8 Å². The van der Waals surface area contributed by atoms with Gasteiger partial charge in [0, 0.05) is 24.1 Å². The Morgan fingerprint density at radius 1 is 1.18 bits per heavy atom. The summed E-state index contributed by atoms with van der Waals surface area (Å²) in [5.74, 6) is -0.984. The minimum absolute atomic E-state index is 0.0487. The molecule has 1 aromatic heterocycles. The van der Waals surface area contributed by atoms with Gasteiger partial charge < -0.3 is 19.3 Å². The highest BCUT2D eigenvalue weighted by atomic mass is 35.5. The van der Waals surface area contributed by atoms with Crippen molar-refractivity contribution in [3.05, 3.63) is 82.0 Å². The molecule has 0 saturated carbocycles. The number of carbonyl (C=O) groups excluding carboxylic acids is 1. The van der Waals surface area contributed by atoms with Crippen LogP contribution in [0.4, 0.5) is 4.39 Å². The summed E-state index contributed by atoms with van der Waals surface area (Å²) in [6, 6.07) is 13.1. The molecule has 1 N–H and O–H groups in total. The maximum absolute atomic E-state index is 14.6. The molecule has 34 heavy (non-hydrogen) atoms. The fourth-order valence-corrected chi connectivity index (χ4v) is 4.12. The lowest BCUT2D eigenvalue weighted by molar-refractivity contribution is -0.137. The number of rotatable bonds is 9. The van der Waals surface area contributed by atoms with Gasteiger partial charge in [-0.1, -0.05) is 35.0 Å². The lowest BCUT2D eigenvalue weighted by Crippen LogP contribution is -2.32. The van der Waals surface area contributed by atoms with Crippen LogP contribution in [0.1, 0.15) is 47.9 Å². The number of carboxylic acids is 1. The monoisotopic (exact) mass is 486 g/mol. The first-order valence-electron chi connectivity index (χ1n) is 11.0. The Morgan fingerprint density at radius 2 is 1.94 bits per heavy atom. The van der Waals surface area contributed by atoms with E-state index >= 15 is 0 Å². The summed E-state index contributed by atoms with van der Waals surface area (Å²) < 4.78 is 25.4. The van der Waals surface area contributed by atoms with Crippen molar-refractivity contribution in [2.75, 3.05) is 6.54 Å². The van der Waals surface area contributed by atoms with Crippen LogP contribution in [-0.4, -0.2) is 33.6 Å². The van der Waals surface area contributed by atoms with E-state index in [4.69, 9.17) is 26.0 Å². The van der Waals surface area contributed by atoms with Gasteiger partial charge in [-0.25, -0.2) is 4.39 Å². The summed E-state index contributed by atoms with van der Waals surface area (Å²) in [7, 11) is 0. The summed E-state index contributed by atoms with van der Waals surface area (Å²) >= 11 is 5.87. The van der Waals surface area contributed by atoms with E-state index in [1.54, 1.807) is 29.2 Å². The predicted molar refractivity (Wildman–Crippen MR) is 122 cm³/mol. The summed E-state index contributed by atoms with van der Waals surface area (Å²) in [4.78, 5) is 25.5. The number of aromatic nitrogens is 1. The fourth-order valence-electron chi connectivity index (χ4n) is 4.00. The second-order valence-electron chi connectivity index (χ2n) is 8.21. The van der Waals surface area contributed by atoms with Crippen LogP contribution in [0.25, 0.3) is 0 Å². The number of carboxylic acid groups (broad SMARTS) is 1. The summed E-state index contributed by atoms with van der Waals surface area (Å²) in [5.41, 5.74) is 2.03. The van der Waals surface area contributed by atoms with Crippen LogP contribution in [-0.2, 0) is 29.0 Å².